The Bertz CT molecular complexity index is 943. The van der Waals surface area contributed by atoms with Crippen LogP contribution < -0.4 is 0 Å². The summed E-state index contributed by atoms with van der Waals surface area (Å²) in [5.41, 5.74) is -0.980. The van der Waals surface area contributed by atoms with Crippen LogP contribution in [0, 0.1) is 5.92 Å². The van der Waals surface area contributed by atoms with Gasteiger partial charge in [0.1, 0.15) is 0 Å². The van der Waals surface area contributed by atoms with Crippen LogP contribution in [0.3, 0.4) is 0 Å². The molecule has 0 radical (unpaired) electrons. The molecule has 180 valence electrons. The average Bonchev–Trinajstić information content (AvgIpc) is 2.80. The van der Waals surface area contributed by atoms with E-state index in [0.29, 0.717) is 6.61 Å². The van der Waals surface area contributed by atoms with Gasteiger partial charge in [-0.15, -0.1) is 0 Å². The fourth-order valence-electron chi connectivity index (χ4n) is 2.03. The molecular formula is C27H32F4O2. The van der Waals surface area contributed by atoms with Crippen LogP contribution in [0.2, 0.25) is 0 Å². The second-order valence-electron chi connectivity index (χ2n) is 7.50. The number of hydrogen-bond acceptors (Lipinski definition) is 2. The van der Waals surface area contributed by atoms with Crippen LogP contribution >= 0.6 is 0 Å². The summed E-state index contributed by atoms with van der Waals surface area (Å²) < 4.78 is 67.6. The van der Waals surface area contributed by atoms with Gasteiger partial charge in [-0.2, -0.15) is 4.39 Å². The number of halogens is 4. The van der Waals surface area contributed by atoms with Gasteiger partial charge in [-0.25, -0.2) is 13.2 Å². The molecule has 0 aliphatic heterocycles. The number of allylic oxidation sites excluding steroid dienone is 10. The SMILES string of the molecule is C=C(/C=C\C(=C)C(=C)/C(F)=C(/F)C(=C)C(C)OCC(C)C)C(=C)/C(F)=C(/F)C(=C)O/C=C\C. The first-order valence-corrected chi connectivity index (χ1v) is 10.1. The Morgan fingerprint density at radius 2 is 1.21 bits per heavy atom. The molecule has 0 aliphatic rings. The molecule has 0 aromatic heterocycles. The fourth-order valence-corrected chi connectivity index (χ4v) is 2.03. The lowest BCUT2D eigenvalue weighted by Gasteiger charge is -2.17. The average molecular weight is 465 g/mol. The van der Waals surface area contributed by atoms with Gasteiger partial charge in [0, 0.05) is 23.3 Å². The first kappa shape index (κ1) is 29.9. The van der Waals surface area contributed by atoms with Gasteiger partial charge in [0.15, 0.2) is 23.2 Å². The zero-order valence-corrected chi connectivity index (χ0v) is 19.7. The van der Waals surface area contributed by atoms with Crippen LogP contribution in [0.1, 0.15) is 27.7 Å². The van der Waals surface area contributed by atoms with Crippen molar-refractivity contribution in [3.63, 3.8) is 0 Å². The number of ether oxygens (including phenoxy) is 2. The lowest BCUT2D eigenvalue weighted by molar-refractivity contribution is 0.0690. The maximum atomic E-state index is 14.6. The molecule has 0 amide bonds. The predicted molar refractivity (Wildman–Crippen MR) is 129 cm³/mol. The van der Waals surface area contributed by atoms with Gasteiger partial charge in [-0.1, -0.05) is 71.5 Å². The van der Waals surface area contributed by atoms with Crippen molar-refractivity contribution >= 4 is 0 Å². The highest BCUT2D eigenvalue weighted by Crippen LogP contribution is 2.30. The zero-order valence-electron chi connectivity index (χ0n) is 19.7. The number of hydrogen-bond donors (Lipinski definition) is 0. The van der Waals surface area contributed by atoms with E-state index < -0.39 is 35.2 Å². The summed E-state index contributed by atoms with van der Waals surface area (Å²) in [6.07, 6.45) is 4.30. The monoisotopic (exact) mass is 464 g/mol. The molecule has 1 unspecified atom stereocenters. The summed E-state index contributed by atoms with van der Waals surface area (Å²) in [7, 11) is 0. The minimum absolute atomic E-state index is 0.0224. The quantitative estimate of drug-likeness (QED) is 0.145. The predicted octanol–water partition coefficient (Wildman–Crippen LogP) is 8.75. The van der Waals surface area contributed by atoms with E-state index in [1.165, 1.54) is 18.2 Å². The molecule has 0 saturated carbocycles. The maximum Gasteiger partial charge on any atom is 0.201 e. The van der Waals surface area contributed by atoms with Gasteiger partial charge in [0.05, 0.1) is 12.4 Å². The van der Waals surface area contributed by atoms with E-state index in [9.17, 15) is 17.6 Å². The van der Waals surface area contributed by atoms with Gasteiger partial charge in [0.25, 0.3) is 0 Å². The van der Waals surface area contributed by atoms with E-state index in [1.807, 2.05) is 13.8 Å². The summed E-state index contributed by atoms with van der Waals surface area (Å²) in [6, 6.07) is 0. The van der Waals surface area contributed by atoms with Crippen molar-refractivity contribution in [2.45, 2.75) is 33.8 Å². The van der Waals surface area contributed by atoms with Crippen molar-refractivity contribution in [1.29, 1.82) is 0 Å². The van der Waals surface area contributed by atoms with Crippen LogP contribution in [0.5, 0.6) is 0 Å². The summed E-state index contributed by atoms with van der Waals surface area (Å²) in [4.78, 5) is 0. The maximum absolute atomic E-state index is 14.6. The highest BCUT2D eigenvalue weighted by Gasteiger charge is 2.20. The summed E-state index contributed by atoms with van der Waals surface area (Å²) >= 11 is 0. The van der Waals surface area contributed by atoms with Gasteiger partial charge < -0.3 is 9.47 Å². The molecule has 33 heavy (non-hydrogen) atoms. The summed E-state index contributed by atoms with van der Waals surface area (Å²) in [6.45, 7) is 28.3. The fraction of sp³-hybridized carbons (Fsp3) is 0.259. The standard InChI is InChI=1S/C27H32F4O2/c1-11-14-32-23(10)27(31)25(29)20(7)18(5)13-12-17(4)19(6)24(28)26(30)21(8)22(9)33-15-16(2)3/h11-14,16,22H,4-8,10,15H2,1-3,9H3/b13-12-,14-11-,26-24-,27-25-. The molecule has 2 nitrogen and oxygen atoms in total. The van der Waals surface area contributed by atoms with E-state index in [1.54, 1.807) is 13.8 Å². The van der Waals surface area contributed by atoms with Gasteiger partial charge in [-0.3, -0.25) is 0 Å². The molecule has 0 saturated heterocycles. The first-order chi connectivity index (χ1) is 15.3. The van der Waals surface area contributed by atoms with Crippen LogP contribution in [0.25, 0.3) is 0 Å². The van der Waals surface area contributed by atoms with E-state index in [-0.39, 0.29) is 33.8 Å². The topological polar surface area (TPSA) is 18.5 Å². The van der Waals surface area contributed by atoms with E-state index >= 15 is 0 Å². The van der Waals surface area contributed by atoms with Gasteiger partial charge >= 0.3 is 0 Å². The van der Waals surface area contributed by atoms with E-state index in [4.69, 9.17) is 9.47 Å². The second-order valence-corrected chi connectivity index (χ2v) is 7.50. The Kier molecular flexibility index (Phi) is 12.8. The summed E-state index contributed by atoms with van der Waals surface area (Å²) in [5, 5.41) is 0. The molecule has 0 fully saturated rings. The van der Waals surface area contributed by atoms with Crippen molar-refractivity contribution in [3.8, 4) is 0 Å². The lowest BCUT2D eigenvalue weighted by atomic mass is 10.0. The Labute approximate surface area is 194 Å². The van der Waals surface area contributed by atoms with Crippen molar-refractivity contribution in [3.05, 3.63) is 121 Å². The summed E-state index contributed by atoms with van der Waals surface area (Å²) in [5.74, 6) is -5.47. The Hall–Kier alpha value is -3.12. The number of rotatable bonds is 14. The van der Waals surface area contributed by atoms with Crippen molar-refractivity contribution in [2.75, 3.05) is 6.61 Å². The normalized spacial score (nSPS) is 14.1. The van der Waals surface area contributed by atoms with Crippen LogP contribution in [0.15, 0.2) is 121 Å². The highest BCUT2D eigenvalue weighted by atomic mass is 19.2. The Morgan fingerprint density at radius 3 is 1.64 bits per heavy atom. The van der Waals surface area contributed by atoms with E-state index in [2.05, 4.69) is 39.5 Å². The molecule has 1 atom stereocenters. The molecule has 0 aliphatic carbocycles. The largest absolute Gasteiger partial charge is 0.463 e. The zero-order chi connectivity index (χ0) is 25.9. The van der Waals surface area contributed by atoms with Crippen LogP contribution in [-0.2, 0) is 9.47 Å². The van der Waals surface area contributed by atoms with Crippen molar-refractivity contribution in [2.24, 2.45) is 5.92 Å². The Morgan fingerprint density at radius 1 is 0.758 bits per heavy atom. The third-order valence-electron chi connectivity index (χ3n) is 4.22. The first-order valence-electron chi connectivity index (χ1n) is 10.1. The van der Waals surface area contributed by atoms with Crippen molar-refractivity contribution < 1.29 is 27.0 Å². The molecule has 0 bridgehead atoms. The molecular weight excluding hydrogens is 432 g/mol. The molecule has 0 heterocycles. The van der Waals surface area contributed by atoms with Crippen LogP contribution in [0.4, 0.5) is 17.6 Å². The van der Waals surface area contributed by atoms with Gasteiger partial charge in [-0.05, 0) is 30.9 Å². The highest BCUT2D eigenvalue weighted by molar-refractivity contribution is 5.54. The molecule has 0 N–H and O–H groups in total. The molecule has 0 spiro atoms. The smallest absolute Gasteiger partial charge is 0.201 e. The minimum atomic E-state index is -1.35. The third-order valence-corrected chi connectivity index (χ3v) is 4.22. The molecule has 0 aromatic rings. The minimum Gasteiger partial charge on any atom is -0.463 e. The Balaban J connectivity index is 5.38. The lowest BCUT2D eigenvalue weighted by Crippen LogP contribution is -2.15. The van der Waals surface area contributed by atoms with Crippen LogP contribution in [-0.4, -0.2) is 12.7 Å². The third kappa shape index (κ3) is 9.49. The second kappa shape index (κ2) is 14.1. The molecule has 0 aromatic carbocycles. The molecule has 6 heteroatoms. The van der Waals surface area contributed by atoms with E-state index in [0.717, 1.165) is 6.26 Å². The van der Waals surface area contributed by atoms with Crippen molar-refractivity contribution in [1.82, 2.24) is 0 Å². The molecule has 0 rings (SSSR count). The van der Waals surface area contributed by atoms with Gasteiger partial charge in [0.2, 0.25) is 5.83 Å².